The topological polar surface area (TPSA) is 55.8 Å². The quantitative estimate of drug-likeness (QED) is 0.882. The molecule has 4 nitrogen and oxygen atoms in total. The van der Waals surface area contributed by atoms with Crippen LogP contribution in [0, 0.1) is 5.92 Å². The summed E-state index contributed by atoms with van der Waals surface area (Å²) in [6.45, 7) is 0. The second kappa shape index (κ2) is 6.10. The van der Waals surface area contributed by atoms with Gasteiger partial charge in [-0.15, -0.1) is 0 Å². The monoisotopic (exact) mass is 298 g/mol. The van der Waals surface area contributed by atoms with Crippen LogP contribution in [-0.4, -0.2) is 18.2 Å². The summed E-state index contributed by atoms with van der Waals surface area (Å²) in [5.41, 5.74) is 2.38. The van der Waals surface area contributed by atoms with Crippen LogP contribution >= 0.6 is 0 Å². The lowest BCUT2D eigenvalue weighted by Crippen LogP contribution is -2.23. The molecule has 0 fully saturated rings. The zero-order chi connectivity index (χ0) is 15.5. The lowest BCUT2D eigenvalue weighted by molar-refractivity contribution is -0.145. The second-order valence-electron chi connectivity index (χ2n) is 5.49. The first-order valence-corrected chi connectivity index (χ1v) is 7.32. The summed E-state index contributed by atoms with van der Waals surface area (Å²) < 4.78 is 10.6. The normalized spacial score (nSPS) is 16.7. The van der Waals surface area contributed by atoms with Crippen LogP contribution in [0.5, 0.6) is 17.2 Å². The van der Waals surface area contributed by atoms with Crippen LogP contribution in [-0.2, 0) is 22.4 Å². The molecule has 0 spiro atoms. The van der Waals surface area contributed by atoms with Gasteiger partial charge in [0.15, 0.2) is 0 Å². The molecular weight excluding hydrogens is 280 g/mol. The zero-order valence-electron chi connectivity index (χ0n) is 12.4. The Balaban J connectivity index is 1.80. The summed E-state index contributed by atoms with van der Waals surface area (Å²) in [5.74, 6) is 1.23. The number of hydrogen-bond donors (Lipinski definition) is 1. The summed E-state index contributed by atoms with van der Waals surface area (Å²) in [6, 6.07) is 12.6. The molecule has 0 saturated heterocycles. The van der Waals surface area contributed by atoms with Gasteiger partial charge >= 0.3 is 5.97 Å². The molecule has 1 atom stereocenters. The number of carbonyl (C=O) groups is 1. The molecule has 0 amide bonds. The molecule has 0 aliphatic heterocycles. The highest BCUT2D eigenvalue weighted by Gasteiger charge is 2.25. The Kier molecular flexibility index (Phi) is 4.00. The van der Waals surface area contributed by atoms with E-state index >= 15 is 0 Å². The predicted molar refractivity (Wildman–Crippen MR) is 82.2 cm³/mol. The van der Waals surface area contributed by atoms with E-state index in [1.807, 2.05) is 18.2 Å². The molecule has 0 radical (unpaired) electrons. The number of phenolic OH excluding ortho intramolecular Hbond substituents is 1. The third kappa shape index (κ3) is 3.06. The highest BCUT2D eigenvalue weighted by atomic mass is 16.5. The number of methoxy groups -OCH3 is 1. The van der Waals surface area contributed by atoms with Crippen LogP contribution in [0.15, 0.2) is 42.5 Å². The fourth-order valence-electron chi connectivity index (χ4n) is 2.85. The van der Waals surface area contributed by atoms with Gasteiger partial charge in [-0.2, -0.15) is 0 Å². The van der Waals surface area contributed by atoms with Crippen LogP contribution in [0.4, 0.5) is 0 Å². The van der Waals surface area contributed by atoms with Gasteiger partial charge in [-0.05, 0) is 54.7 Å². The van der Waals surface area contributed by atoms with Crippen molar-refractivity contribution >= 4 is 5.97 Å². The highest BCUT2D eigenvalue weighted by Crippen LogP contribution is 2.31. The van der Waals surface area contributed by atoms with Gasteiger partial charge in [-0.25, -0.2) is 0 Å². The summed E-state index contributed by atoms with van der Waals surface area (Å²) in [4.78, 5) is 11.7. The summed E-state index contributed by atoms with van der Waals surface area (Å²) in [6.07, 6.45) is 2.38. The van der Waals surface area contributed by atoms with Gasteiger partial charge in [0.1, 0.15) is 17.2 Å². The van der Waals surface area contributed by atoms with Crippen molar-refractivity contribution in [1.29, 1.82) is 0 Å². The molecule has 1 N–H and O–H groups in total. The minimum absolute atomic E-state index is 0.0754. The van der Waals surface area contributed by atoms with Crippen LogP contribution < -0.4 is 4.74 Å². The van der Waals surface area contributed by atoms with Crippen molar-refractivity contribution in [3.63, 3.8) is 0 Å². The molecule has 2 aromatic rings. The number of rotatable bonds is 3. The van der Waals surface area contributed by atoms with E-state index in [0.29, 0.717) is 17.9 Å². The minimum atomic E-state index is -0.148. The van der Waals surface area contributed by atoms with Gasteiger partial charge in [0.2, 0.25) is 0 Å². The molecule has 1 aliphatic rings. The van der Waals surface area contributed by atoms with Crippen molar-refractivity contribution in [2.45, 2.75) is 19.3 Å². The standard InChI is InChI=1S/C18H18O4/c1-21-18(20)13-6-5-12-7-8-17(10-14(12)9-13)22-16-4-2-3-15(19)11-16/h2-4,7-8,10-11,13,19H,5-6,9H2,1H3. The predicted octanol–water partition coefficient (Wildman–Crippen LogP) is 3.46. The van der Waals surface area contributed by atoms with E-state index in [-0.39, 0.29) is 17.6 Å². The molecule has 0 bridgehead atoms. The van der Waals surface area contributed by atoms with Gasteiger partial charge in [-0.1, -0.05) is 12.1 Å². The first-order chi connectivity index (χ1) is 10.7. The molecule has 0 heterocycles. The van der Waals surface area contributed by atoms with E-state index in [1.54, 1.807) is 24.3 Å². The minimum Gasteiger partial charge on any atom is -0.508 e. The lowest BCUT2D eigenvalue weighted by Gasteiger charge is -2.23. The maximum absolute atomic E-state index is 11.7. The fourth-order valence-corrected chi connectivity index (χ4v) is 2.85. The van der Waals surface area contributed by atoms with Crippen molar-refractivity contribution in [3.05, 3.63) is 53.6 Å². The number of aryl methyl sites for hydroxylation is 1. The zero-order valence-corrected chi connectivity index (χ0v) is 12.4. The molecule has 114 valence electrons. The van der Waals surface area contributed by atoms with Crippen LogP contribution in [0.2, 0.25) is 0 Å². The third-order valence-electron chi connectivity index (χ3n) is 3.99. The molecule has 1 aliphatic carbocycles. The first kappa shape index (κ1) is 14.4. The van der Waals surface area contributed by atoms with Gasteiger partial charge < -0.3 is 14.6 Å². The number of phenols is 1. The van der Waals surface area contributed by atoms with Crippen molar-refractivity contribution in [1.82, 2.24) is 0 Å². The number of ether oxygens (including phenoxy) is 2. The van der Waals surface area contributed by atoms with Crippen molar-refractivity contribution in [2.24, 2.45) is 5.92 Å². The number of esters is 1. The number of benzene rings is 2. The number of hydrogen-bond acceptors (Lipinski definition) is 4. The summed E-state index contributed by atoms with van der Waals surface area (Å²) >= 11 is 0. The van der Waals surface area contributed by atoms with E-state index in [1.165, 1.54) is 12.7 Å². The van der Waals surface area contributed by atoms with Crippen molar-refractivity contribution in [2.75, 3.05) is 7.11 Å². The van der Waals surface area contributed by atoms with Gasteiger partial charge in [0.05, 0.1) is 13.0 Å². The largest absolute Gasteiger partial charge is 0.508 e. The number of fused-ring (bicyclic) bond motifs is 1. The van der Waals surface area contributed by atoms with E-state index < -0.39 is 0 Å². The molecule has 22 heavy (non-hydrogen) atoms. The Morgan fingerprint density at radius 2 is 1.95 bits per heavy atom. The molecule has 3 rings (SSSR count). The number of aromatic hydroxyl groups is 1. The maximum atomic E-state index is 11.7. The Morgan fingerprint density at radius 1 is 1.14 bits per heavy atom. The molecule has 0 aromatic heterocycles. The smallest absolute Gasteiger partial charge is 0.309 e. The molecule has 1 unspecified atom stereocenters. The van der Waals surface area contributed by atoms with Crippen molar-refractivity contribution < 1.29 is 19.4 Å². The lowest BCUT2D eigenvalue weighted by atomic mass is 9.84. The average Bonchev–Trinajstić information content (AvgIpc) is 2.53. The van der Waals surface area contributed by atoms with E-state index in [4.69, 9.17) is 9.47 Å². The van der Waals surface area contributed by atoms with E-state index in [9.17, 15) is 9.90 Å². The van der Waals surface area contributed by atoms with E-state index in [2.05, 4.69) is 0 Å². The van der Waals surface area contributed by atoms with Crippen LogP contribution in [0.1, 0.15) is 17.5 Å². The first-order valence-electron chi connectivity index (χ1n) is 7.32. The SMILES string of the molecule is COC(=O)C1CCc2ccc(Oc3cccc(O)c3)cc2C1. The second-order valence-corrected chi connectivity index (χ2v) is 5.49. The van der Waals surface area contributed by atoms with Crippen LogP contribution in [0.3, 0.4) is 0 Å². The molecular formula is C18H18O4. The van der Waals surface area contributed by atoms with Gasteiger partial charge in [-0.3, -0.25) is 4.79 Å². The van der Waals surface area contributed by atoms with Gasteiger partial charge in [0.25, 0.3) is 0 Å². The number of carbonyl (C=O) groups excluding carboxylic acids is 1. The molecule has 4 heteroatoms. The Bertz CT molecular complexity index is 693. The highest BCUT2D eigenvalue weighted by molar-refractivity contribution is 5.73. The summed E-state index contributed by atoms with van der Waals surface area (Å²) in [5, 5.41) is 9.47. The Hall–Kier alpha value is -2.49. The Labute approximate surface area is 129 Å². The van der Waals surface area contributed by atoms with Crippen LogP contribution in [0.25, 0.3) is 0 Å². The maximum Gasteiger partial charge on any atom is 0.309 e. The average molecular weight is 298 g/mol. The van der Waals surface area contributed by atoms with E-state index in [0.717, 1.165) is 18.4 Å². The molecule has 0 saturated carbocycles. The summed E-state index contributed by atoms with van der Waals surface area (Å²) in [7, 11) is 1.43. The fraction of sp³-hybridized carbons (Fsp3) is 0.278. The molecule has 2 aromatic carbocycles. The Morgan fingerprint density at radius 3 is 2.73 bits per heavy atom. The third-order valence-corrected chi connectivity index (χ3v) is 3.99. The van der Waals surface area contributed by atoms with Gasteiger partial charge in [0, 0.05) is 6.07 Å². The van der Waals surface area contributed by atoms with Crippen molar-refractivity contribution in [3.8, 4) is 17.2 Å².